The molecule has 1 aromatic carbocycles. The molecule has 3 rings (SSSR count). The number of benzene rings is 1. The monoisotopic (exact) mass is 370 g/mol. The maximum absolute atomic E-state index is 12.6. The average Bonchev–Trinajstić information content (AvgIpc) is 2.94. The lowest BCUT2D eigenvalue weighted by Gasteiger charge is -2.47. The van der Waals surface area contributed by atoms with Crippen LogP contribution in [0.5, 0.6) is 5.75 Å². The third-order valence-corrected chi connectivity index (χ3v) is 7.35. The van der Waals surface area contributed by atoms with Crippen molar-refractivity contribution >= 4 is 11.9 Å². The molecule has 4 heteroatoms. The molecule has 0 amide bonds. The van der Waals surface area contributed by atoms with Crippen LogP contribution in [0.2, 0.25) is 0 Å². The number of aliphatic carboxylic acids is 1. The minimum absolute atomic E-state index is 0.109. The fraction of sp³-hybridized carbons (Fsp3) is 0.478. The fourth-order valence-corrected chi connectivity index (χ4v) is 5.00. The molecule has 2 aliphatic rings. The number of hydrogen-bond donors (Lipinski definition) is 1. The molecule has 0 heterocycles. The molecule has 1 N–H and O–H groups in total. The smallest absolute Gasteiger partial charge is 0.339 e. The Balaban J connectivity index is 0.000000465. The lowest BCUT2D eigenvalue weighted by Crippen LogP contribution is -2.43. The van der Waals surface area contributed by atoms with Gasteiger partial charge in [-0.15, -0.1) is 0 Å². The van der Waals surface area contributed by atoms with Crippen molar-refractivity contribution in [2.45, 2.75) is 47.0 Å². The largest absolute Gasteiger partial charge is 0.478 e. The van der Waals surface area contributed by atoms with Crippen molar-refractivity contribution in [3.63, 3.8) is 0 Å². The van der Waals surface area contributed by atoms with Crippen molar-refractivity contribution in [1.29, 1.82) is 0 Å². The molecule has 0 aromatic heterocycles. The number of para-hydroxylation sites is 1. The molecule has 1 aromatic rings. The lowest BCUT2D eigenvalue weighted by atomic mass is 9.57. The van der Waals surface area contributed by atoms with Crippen molar-refractivity contribution in [2.24, 2.45) is 22.2 Å². The molecule has 2 saturated carbocycles. The molecule has 2 fully saturated rings. The first-order valence-electron chi connectivity index (χ1n) is 9.31. The van der Waals surface area contributed by atoms with Crippen LogP contribution >= 0.6 is 0 Å². The molecule has 0 spiro atoms. The first-order valence-corrected chi connectivity index (χ1v) is 9.31. The Morgan fingerprint density at radius 1 is 1.19 bits per heavy atom. The van der Waals surface area contributed by atoms with E-state index in [2.05, 4.69) is 40.9 Å². The summed E-state index contributed by atoms with van der Waals surface area (Å²) in [5.74, 6) is -0.00290. The second-order valence-electron chi connectivity index (χ2n) is 8.55. The molecule has 0 aliphatic heterocycles. The molecule has 4 nitrogen and oxygen atoms in total. The molecule has 146 valence electrons. The topological polar surface area (TPSA) is 63.6 Å². The highest BCUT2D eigenvalue weighted by Gasteiger charge is 2.68. The maximum Gasteiger partial charge on any atom is 0.339 e. The second kappa shape index (κ2) is 7.34. The predicted octanol–water partition coefficient (Wildman–Crippen LogP) is 5.26. The van der Waals surface area contributed by atoms with Crippen LogP contribution in [0.25, 0.3) is 0 Å². The van der Waals surface area contributed by atoms with E-state index >= 15 is 0 Å². The molecular weight excluding hydrogens is 340 g/mol. The molecule has 27 heavy (non-hydrogen) atoms. The summed E-state index contributed by atoms with van der Waals surface area (Å²) in [6, 6.07) is 9.26. The highest BCUT2D eigenvalue weighted by atomic mass is 16.5. The molecule has 1 unspecified atom stereocenters. The third kappa shape index (κ3) is 3.45. The van der Waals surface area contributed by atoms with E-state index in [0.717, 1.165) is 12.5 Å². The highest BCUT2D eigenvalue weighted by molar-refractivity contribution is 5.91. The third-order valence-electron chi connectivity index (χ3n) is 7.35. The maximum atomic E-state index is 12.6. The van der Waals surface area contributed by atoms with E-state index in [1.54, 1.807) is 12.1 Å². The van der Waals surface area contributed by atoms with Crippen LogP contribution in [-0.4, -0.2) is 17.0 Å². The minimum Gasteiger partial charge on any atom is -0.478 e. The van der Waals surface area contributed by atoms with Gasteiger partial charge >= 0.3 is 11.9 Å². The number of carboxylic acids is 1. The van der Waals surface area contributed by atoms with Crippen molar-refractivity contribution in [1.82, 2.24) is 0 Å². The Bertz CT molecular complexity index is 749. The summed E-state index contributed by atoms with van der Waals surface area (Å²) in [6.07, 6.45) is 4.30. The van der Waals surface area contributed by atoms with Gasteiger partial charge in [-0.2, -0.15) is 0 Å². The summed E-state index contributed by atoms with van der Waals surface area (Å²) in [7, 11) is 0. The number of fused-ring (bicyclic) bond motifs is 2. The van der Waals surface area contributed by atoms with Crippen LogP contribution in [0.3, 0.4) is 0 Å². The van der Waals surface area contributed by atoms with Gasteiger partial charge in [0.05, 0.1) is 0 Å². The van der Waals surface area contributed by atoms with E-state index in [1.807, 2.05) is 18.2 Å². The Morgan fingerprint density at radius 3 is 2.15 bits per heavy atom. The summed E-state index contributed by atoms with van der Waals surface area (Å²) in [6.45, 7) is 16.4. The SMILES string of the molecule is C=C(C(=O)Oc1ccccc1)C1(C)C[C@H]2CC[C@@]1(C)C2(C)C.C=CC(=O)O. The number of carboxylic acid groups (broad SMARTS) is 1. The zero-order chi connectivity index (χ0) is 20.5. The van der Waals surface area contributed by atoms with Gasteiger partial charge in [0.15, 0.2) is 0 Å². The van der Waals surface area contributed by atoms with Crippen LogP contribution in [0.1, 0.15) is 47.0 Å². The van der Waals surface area contributed by atoms with Gasteiger partial charge in [0, 0.05) is 17.1 Å². The molecule has 0 saturated heterocycles. The summed E-state index contributed by atoms with van der Waals surface area (Å²) < 4.78 is 5.54. The van der Waals surface area contributed by atoms with Gasteiger partial charge in [-0.1, -0.05) is 59.1 Å². The number of carbonyl (C=O) groups is 2. The van der Waals surface area contributed by atoms with Crippen LogP contribution < -0.4 is 4.74 Å². The summed E-state index contributed by atoms with van der Waals surface area (Å²) in [4.78, 5) is 21.9. The quantitative estimate of drug-likeness (QED) is 0.446. The van der Waals surface area contributed by atoms with E-state index in [4.69, 9.17) is 9.84 Å². The van der Waals surface area contributed by atoms with Crippen molar-refractivity contribution in [2.75, 3.05) is 0 Å². The molecule has 0 radical (unpaired) electrons. The van der Waals surface area contributed by atoms with Gasteiger partial charge in [0.1, 0.15) is 5.75 Å². The summed E-state index contributed by atoms with van der Waals surface area (Å²) in [5, 5.41) is 7.60. The fourth-order valence-electron chi connectivity index (χ4n) is 5.00. The van der Waals surface area contributed by atoms with E-state index in [0.29, 0.717) is 17.2 Å². The first-order chi connectivity index (χ1) is 12.5. The van der Waals surface area contributed by atoms with Crippen molar-refractivity contribution < 1.29 is 19.4 Å². The minimum atomic E-state index is -0.981. The van der Waals surface area contributed by atoms with Gasteiger partial charge in [-0.25, -0.2) is 9.59 Å². The zero-order valence-electron chi connectivity index (χ0n) is 16.7. The molecular formula is C23H30O4. The number of carbonyl (C=O) groups excluding carboxylic acids is 1. The van der Waals surface area contributed by atoms with Gasteiger partial charge in [-0.05, 0) is 48.1 Å². The van der Waals surface area contributed by atoms with Gasteiger partial charge < -0.3 is 9.84 Å². The number of ether oxygens (including phenoxy) is 1. The van der Waals surface area contributed by atoms with Crippen molar-refractivity contribution in [3.05, 3.63) is 55.1 Å². The molecule has 2 bridgehead atoms. The highest BCUT2D eigenvalue weighted by Crippen LogP contribution is 2.74. The van der Waals surface area contributed by atoms with Gasteiger partial charge in [-0.3, -0.25) is 0 Å². The standard InChI is InChI=1S/C20H26O2.C3H4O2/c1-14(17(21)22-16-9-7-6-8-10-16)19(4)13-15-11-12-20(19,5)18(15,2)3;1-2-3(4)5/h6-10,15H,1,11-13H2,2-5H3;2H,1H2,(H,4,5)/t15-,19?,20+;/m1./s1. The van der Waals surface area contributed by atoms with E-state index in [1.165, 1.54) is 12.8 Å². The number of esters is 1. The van der Waals surface area contributed by atoms with Gasteiger partial charge in [0.2, 0.25) is 0 Å². The zero-order valence-corrected chi connectivity index (χ0v) is 16.7. The van der Waals surface area contributed by atoms with Crippen molar-refractivity contribution in [3.8, 4) is 5.75 Å². The van der Waals surface area contributed by atoms with Crippen LogP contribution in [0, 0.1) is 22.2 Å². The average molecular weight is 370 g/mol. The predicted molar refractivity (Wildman–Crippen MR) is 106 cm³/mol. The normalized spacial score (nSPS) is 30.0. The Kier molecular flexibility index (Phi) is 5.69. The van der Waals surface area contributed by atoms with E-state index in [-0.39, 0.29) is 22.2 Å². The number of hydrogen-bond acceptors (Lipinski definition) is 3. The molecule has 2 aliphatic carbocycles. The summed E-state index contributed by atoms with van der Waals surface area (Å²) >= 11 is 0. The van der Waals surface area contributed by atoms with E-state index < -0.39 is 5.97 Å². The van der Waals surface area contributed by atoms with E-state index in [9.17, 15) is 9.59 Å². The molecule has 3 atom stereocenters. The van der Waals surface area contributed by atoms with Gasteiger partial charge in [0.25, 0.3) is 0 Å². The Labute approximate surface area is 161 Å². The number of rotatable bonds is 4. The Hall–Kier alpha value is -2.36. The lowest BCUT2D eigenvalue weighted by molar-refractivity contribution is -0.133. The van der Waals surface area contributed by atoms with Crippen LogP contribution in [-0.2, 0) is 9.59 Å². The summed E-state index contributed by atoms with van der Waals surface area (Å²) in [5.41, 5.74) is 0.814. The second-order valence-corrected chi connectivity index (χ2v) is 8.55. The van der Waals surface area contributed by atoms with Crippen LogP contribution in [0.15, 0.2) is 55.1 Å². The Morgan fingerprint density at radius 2 is 1.74 bits per heavy atom. The van der Waals surface area contributed by atoms with Crippen LogP contribution in [0.4, 0.5) is 0 Å². The first kappa shape index (κ1) is 20.9.